The second kappa shape index (κ2) is 5.25. The standard InChI is InChI=1S/C21H26O3/c1-4-21(23)10-8-18-16-12-19(22)17-11-13(24-3)5-6-14(17)15(16)7-9-20(18,21)2/h1,5-6,11,15-16,18-19,22-23H,7-10,12H2,2-3H3. The fraction of sp³-hybridized carbons (Fsp3) is 0.619. The average Bonchev–Trinajstić information content (AvgIpc) is 2.87. The third-order valence-corrected chi connectivity index (χ3v) is 7.38. The molecule has 3 aliphatic rings. The Hall–Kier alpha value is -1.50. The molecule has 3 heteroatoms. The van der Waals surface area contributed by atoms with E-state index in [-0.39, 0.29) is 5.41 Å². The van der Waals surface area contributed by atoms with E-state index in [0.29, 0.717) is 24.2 Å². The van der Waals surface area contributed by atoms with Crippen LogP contribution in [-0.2, 0) is 0 Å². The minimum absolute atomic E-state index is 0.230. The highest BCUT2D eigenvalue weighted by Crippen LogP contribution is 2.65. The number of ether oxygens (including phenoxy) is 1. The summed E-state index contributed by atoms with van der Waals surface area (Å²) >= 11 is 0. The molecule has 24 heavy (non-hydrogen) atoms. The molecule has 0 aliphatic heterocycles. The molecule has 0 heterocycles. The zero-order valence-electron chi connectivity index (χ0n) is 14.5. The van der Waals surface area contributed by atoms with E-state index in [2.05, 4.69) is 18.9 Å². The Balaban J connectivity index is 1.74. The number of hydrogen-bond donors (Lipinski definition) is 2. The van der Waals surface area contributed by atoms with Crippen LogP contribution < -0.4 is 4.74 Å². The van der Waals surface area contributed by atoms with Crippen LogP contribution in [0.4, 0.5) is 0 Å². The lowest BCUT2D eigenvalue weighted by molar-refractivity contribution is -0.0729. The van der Waals surface area contributed by atoms with Crippen LogP contribution in [0.5, 0.6) is 5.75 Å². The highest BCUT2D eigenvalue weighted by Gasteiger charge is 2.61. The van der Waals surface area contributed by atoms with Crippen LogP contribution >= 0.6 is 0 Å². The van der Waals surface area contributed by atoms with Crippen LogP contribution in [0.1, 0.15) is 62.2 Å². The van der Waals surface area contributed by atoms with Crippen molar-refractivity contribution in [1.29, 1.82) is 0 Å². The van der Waals surface area contributed by atoms with Gasteiger partial charge in [-0.1, -0.05) is 18.9 Å². The van der Waals surface area contributed by atoms with E-state index in [1.54, 1.807) is 7.11 Å². The second-order valence-electron chi connectivity index (χ2n) is 8.12. The van der Waals surface area contributed by atoms with E-state index in [1.807, 2.05) is 12.1 Å². The largest absolute Gasteiger partial charge is 0.497 e. The molecule has 3 nitrogen and oxygen atoms in total. The van der Waals surface area contributed by atoms with Gasteiger partial charge in [0.05, 0.1) is 13.2 Å². The van der Waals surface area contributed by atoms with Gasteiger partial charge in [0.15, 0.2) is 0 Å². The average molecular weight is 326 g/mol. The third kappa shape index (κ3) is 1.93. The van der Waals surface area contributed by atoms with Crippen molar-refractivity contribution in [3.05, 3.63) is 29.3 Å². The van der Waals surface area contributed by atoms with Crippen molar-refractivity contribution in [3.8, 4) is 18.1 Å². The summed E-state index contributed by atoms with van der Waals surface area (Å²) in [5.74, 6) is 4.72. The Morgan fingerprint density at radius 1 is 1.25 bits per heavy atom. The molecule has 0 bridgehead atoms. The normalized spacial score (nSPS) is 43.3. The van der Waals surface area contributed by atoms with Gasteiger partial charge in [0.1, 0.15) is 11.4 Å². The summed E-state index contributed by atoms with van der Waals surface area (Å²) in [5, 5.41) is 21.7. The quantitative estimate of drug-likeness (QED) is 0.778. The summed E-state index contributed by atoms with van der Waals surface area (Å²) in [7, 11) is 1.66. The number of aliphatic hydroxyl groups excluding tert-OH is 1. The van der Waals surface area contributed by atoms with Gasteiger partial charge in [-0.05, 0) is 73.1 Å². The Bertz CT molecular complexity index is 706. The van der Waals surface area contributed by atoms with E-state index >= 15 is 0 Å². The Morgan fingerprint density at radius 3 is 2.75 bits per heavy atom. The molecule has 4 rings (SSSR count). The maximum absolute atomic E-state index is 11.0. The molecule has 0 radical (unpaired) electrons. The van der Waals surface area contributed by atoms with Crippen LogP contribution in [0.2, 0.25) is 0 Å². The van der Waals surface area contributed by atoms with Crippen molar-refractivity contribution in [2.45, 2.75) is 56.7 Å². The number of methoxy groups -OCH3 is 1. The van der Waals surface area contributed by atoms with Crippen molar-refractivity contribution >= 4 is 0 Å². The molecule has 2 fully saturated rings. The van der Waals surface area contributed by atoms with Crippen molar-refractivity contribution in [3.63, 3.8) is 0 Å². The van der Waals surface area contributed by atoms with Gasteiger partial charge in [-0.15, -0.1) is 6.42 Å². The first-order valence-corrected chi connectivity index (χ1v) is 8.99. The minimum Gasteiger partial charge on any atom is -0.497 e. The number of rotatable bonds is 1. The monoisotopic (exact) mass is 326 g/mol. The first kappa shape index (κ1) is 16.0. The first-order chi connectivity index (χ1) is 11.4. The van der Waals surface area contributed by atoms with Crippen LogP contribution in [0.15, 0.2) is 18.2 Å². The lowest BCUT2D eigenvalue weighted by Crippen LogP contribution is -2.50. The van der Waals surface area contributed by atoms with Crippen LogP contribution in [0.3, 0.4) is 0 Å². The van der Waals surface area contributed by atoms with Gasteiger partial charge in [0, 0.05) is 5.41 Å². The molecule has 1 aromatic carbocycles. The van der Waals surface area contributed by atoms with Crippen molar-refractivity contribution < 1.29 is 14.9 Å². The zero-order valence-corrected chi connectivity index (χ0v) is 14.5. The maximum atomic E-state index is 11.0. The molecule has 6 unspecified atom stereocenters. The summed E-state index contributed by atoms with van der Waals surface area (Å²) < 4.78 is 5.33. The van der Waals surface area contributed by atoms with Crippen molar-refractivity contribution in [2.24, 2.45) is 17.3 Å². The van der Waals surface area contributed by atoms with Gasteiger partial charge < -0.3 is 14.9 Å². The number of hydrogen-bond acceptors (Lipinski definition) is 3. The van der Waals surface area contributed by atoms with Gasteiger partial charge in [-0.2, -0.15) is 0 Å². The summed E-state index contributed by atoms with van der Waals surface area (Å²) in [4.78, 5) is 0. The predicted molar refractivity (Wildman–Crippen MR) is 92.6 cm³/mol. The Kier molecular flexibility index (Phi) is 3.50. The molecular formula is C21H26O3. The summed E-state index contributed by atoms with van der Waals surface area (Å²) in [5.41, 5.74) is 1.06. The first-order valence-electron chi connectivity index (χ1n) is 8.99. The molecular weight excluding hydrogens is 300 g/mol. The summed E-state index contributed by atoms with van der Waals surface area (Å²) in [6.45, 7) is 2.16. The van der Waals surface area contributed by atoms with E-state index in [9.17, 15) is 10.2 Å². The molecule has 1 aromatic rings. The zero-order chi connectivity index (χ0) is 17.1. The number of benzene rings is 1. The highest BCUT2D eigenvalue weighted by molar-refractivity contribution is 5.42. The summed E-state index contributed by atoms with van der Waals surface area (Å²) in [6, 6.07) is 6.10. The Morgan fingerprint density at radius 2 is 2.04 bits per heavy atom. The van der Waals surface area contributed by atoms with Gasteiger partial charge in [0.25, 0.3) is 0 Å². The number of aliphatic hydroxyl groups is 2. The molecule has 128 valence electrons. The predicted octanol–water partition coefficient (Wildman–Crippen LogP) is 3.41. The fourth-order valence-corrected chi connectivity index (χ4v) is 5.95. The van der Waals surface area contributed by atoms with Gasteiger partial charge in [-0.25, -0.2) is 0 Å². The van der Waals surface area contributed by atoms with E-state index in [0.717, 1.165) is 37.0 Å². The van der Waals surface area contributed by atoms with E-state index in [1.165, 1.54) is 5.56 Å². The number of terminal acetylenes is 1. The molecule has 0 aromatic heterocycles. The maximum Gasteiger partial charge on any atom is 0.130 e. The Labute approximate surface area is 144 Å². The highest BCUT2D eigenvalue weighted by atomic mass is 16.5. The topological polar surface area (TPSA) is 49.7 Å². The van der Waals surface area contributed by atoms with Crippen LogP contribution in [0.25, 0.3) is 0 Å². The molecule has 6 atom stereocenters. The van der Waals surface area contributed by atoms with E-state index in [4.69, 9.17) is 11.2 Å². The van der Waals surface area contributed by atoms with E-state index < -0.39 is 11.7 Å². The third-order valence-electron chi connectivity index (χ3n) is 7.38. The molecule has 3 aliphatic carbocycles. The SMILES string of the molecule is C#CC1(O)CCC2C3CC(O)c4cc(OC)ccc4C3CCC21C. The lowest BCUT2D eigenvalue weighted by atomic mass is 9.53. The lowest BCUT2D eigenvalue weighted by Gasteiger charge is -2.52. The van der Waals surface area contributed by atoms with Gasteiger partial charge in [-0.3, -0.25) is 0 Å². The number of fused-ring (bicyclic) bond motifs is 5. The molecule has 0 amide bonds. The van der Waals surface area contributed by atoms with Gasteiger partial charge >= 0.3 is 0 Å². The molecule has 0 spiro atoms. The van der Waals surface area contributed by atoms with Crippen molar-refractivity contribution in [1.82, 2.24) is 0 Å². The van der Waals surface area contributed by atoms with Crippen molar-refractivity contribution in [2.75, 3.05) is 7.11 Å². The molecule has 0 saturated heterocycles. The van der Waals surface area contributed by atoms with Crippen LogP contribution in [0, 0.1) is 29.6 Å². The van der Waals surface area contributed by atoms with Crippen LogP contribution in [-0.4, -0.2) is 22.9 Å². The molecule has 2 N–H and O–H groups in total. The smallest absolute Gasteiger partial charge is 0.130 e. The second-order valence-corrected chi connectivity index (χ2v) is 8.12. The molecule has 2 saturated carbocycles. The summed E-state index contributed by atoms with van der Waals surface area (Å²) in [6.07, 6.45) is 9.60. The fourth-order valence-electron chi connectivity index (χ4n) is 5.95. The minimum atomic E-state index is -0.992. The van der Waals surface area contributed by atoms with Gasteiger partial charge in [0.2, 0.25) is 0 Å².